The van der Waals surface area contributed by atoms with Crippen LogP contribution in [-0.2, 0) is 34.1 Å². The van der Waals surface area contributed by atoms with Crippen LogP contribution in [0.25, 0.3) is 10.9 Å². The molecule has 11 heteroatoms. The third-order valence-corrected chi connectivity index (χ3v) is 9.53. The van der Waals surface area contributed by atoms with Crippen LogP contribution in [0.3, 0.4) is 0 Å². The number of hydrogen-bond donors (Lipinski definition) is 1. The highest BCUT2D eigenvalue weighted by Crippen LogP contribution is 2.38. The van der Waals surface area contributed by atoms with Gasteiger partial charge in [0, 0.05) is 35.6 Å². The minimum atomic E-state index is -3.64. The zero-order valence-corrected chi connectivity index (χ0v) is 23.1. The summed E-state index contributed by atoms with van der Waals surface area (Å²) in [6.07, 6.45) is 5.05. The molecule has 0 radical (unpaired) electrons. The molecule has 0 fully saturated rings. The summed E-state index contributed by atoms with van der Waals surface area (Å²) in [6.45, 7) is 2.76. The number of carbonyl (C=O) groups is 1. The molecule has 0 spiro atoms. The van der Waals surface area contributed by atoms with E-state index in [1.807, 2.05) is 30.3 Å². The van der Waals surface area contributed by atoms with E-state index in [1.165, 1.54) is 17.8 Å². The molecule has 10 nitrogen and oxygen atoms in total. The average Bonchev–Trinajstić information content (AvgIpc) is 3.09. The molecule has 0 saturated carbocycles. The van der Waals surface area contributed by atoms with Gasteiger partial charge in [-0.05, 0) is 56.2 Å². The van der Waals surface area contributed by atoms with Crippen molar-refractivity contribution in [3.05, 3.63) is 77.4 Å². The number of nitrogens with zero attached hydrogens (tertiary/aromatic N) is 4. The molecule has 2 aliphatic rings. The second-order valence-corrected chi connectivity index (χ2v) is 12.3. The van der Waals surface area contributed by atoms with Gasteiger partial charge in [-0.2, -0.15) is 0 Å². The van der Waals surface area contributed by atoms with Gasteiger partial charge in [0.2, 0.25) is 0 Å². The molecule has 2 aliphatic heterocycles. The molecule has 5 heterocycles. The number of methoxy groups -OCH3 is 1. The lowest BCUT2D eigenvalue weighted by Crippen LogP contribution is -2.26. The molecule has 6 rings (SSSR count). The van der Waals surface area contributed by atoms with E-state index in [9.17, 15) is 13.2 Å². The predicted octanol–water partition coefficient (Wildman–Crippen LogP) is 3.74. The molecule has 4 aromatic rings. The Hall–Kier alpha value is -4.09. The zero-order valence-electron chi connectivity index (χ0n) is 22.3. The summed E-state index contributed by atoms with van der Waals surface area (Å²) in [7, 11) is -1.95. The number of amides is 1. The Kier molecular flexibility index (Phi) is 6.85. The summed E-state index contributed by atoms with van der Waals surface area (Å²) < 4.78 is 36.7. The highest BCUT2D eigenvalue weighted by molar-refractivity contribution is 7.92. The lowest BCUT2D eigenvalue weighted by atomic mass is 10.0. The van der Waals surface area contributed by atoms with Gasteiger partial charge in [-0.15, -0.1) is 0 Å². The van der Waals surface area contributed by atoms with Gasteiger partial charge >= 0.3 is 0 Å². The fraction of sp³-hybridized carbons (Fsp3) is 0.310. The Labute approximate surface area is 232 Å². The van der Waals surface area contributed by atoms with Crippen molar-refractivity contribution in [2.24, 2.45) is 0 Å². The van der Waals surface area contributed by atoms with Crippen molar-refractivity contribution in [3.63, 3.8) is 0 Å². The Morgan fingerprint density at radius 3 is 2.90 bits per heavy atom. The van der Waals surface area contributed by atoms with Crippen LogP contribution >= 0.6 is 0 Å². The van der Waals surface area contributed by atoms with Crippen LogP contribution in [0.4, 0.5) is 11.5 Å². The predicted molar refractivity (Wildman–Crippen MR) is 150 cm³/mol. The maximum atomic E-state index is 12.9. The Balaban J connectivity index is 1.22. The first-order chi connectivity index (χ1) is 19.3. The van der Waals surface area contributed by atoms with Gasteiger partial charge in [-0.1, -0.05) is 6.07 Å². The van der Waals surface area contributed by atoms with Crippen molar-refractivity contribution in [3.8, 4) is 5.75 Å². The SMILES string of the molecule is COc1cccc2c1CCCN2c1ccc2cnc(CNC(=O)c3cnc4c(c3)S(=O)(=O)[C@@H](C)COC4)cc2n1. The van der Waals surface area contributed by atoms with E-state index in [0.29, 0.717) is 11.4 Å². The summed E-state index contributed by atoms with van der Waals surface area (Å²) in [5, 5.41) is 3.00. The van der Waals surface area contributed by atoms with Gasteiger partial charge < -0.3 is 19.7 Å². The quantitative estimate of drug-likeness (QED) is 0.389. The molecule has 1 aromatic carbocycles. The number of carbonyl (C=O) groups excluding carboxylic acids is 1. The Morgan fingerprint density at radius 1 is 1.18 bits per heavy atom. The van der Waals surface area contributed by atoms with Gasteiger partial charge in [0.25, 0.3) is 5.91 Å². The maximum Gasteiger partial charge on any atom is 0.253 e. The standard InChI is InChI=1S/C29H29N5O5S/c1-18-16-39-17-24-27(40(18,36)37)11-20(14-31-24)29(35)32-15-21-12-23-19(13-30-21)8-9-28(33-23)34-10-4-5-22-25(34)6-3-7-26(22)38-2/h3,6-9,11-14,18H,4-5,10,15-17H2,1-2H3,(H,32,35)/t18-/m0/s1. The summed E-state index contributed by atoms with van der Waals surface area (Å²) in [5.41, 5.74) is 4.14. The molecular weight excluding hydrogens is 530 g/mol. The Bertz CT molecular complexity index is 1730. The molecule has 206 valence electrons. The second-order valence-electron chi connectivity index (χ2n) is 9.97. The minimum Gasteiger partial charge on any atom is -0.496 e. The third-order valence-electron chi connectivity index (χ3n) is 7.37. The third kappa shape index (κ3) is 4.75. The second kappa shape index (κ2) is 10.5. The van der Waals surface area contributed by atoms with E-state index in [2.05, 4.69) is 26.3 Å². The first-order valence-corrected chi connectivity index (χ1v) is 14.7. The first kappa shape index (κ1) is 26.1. The van der Waals surface area contributed by atoms with Crippen molar-refractivity contribution in [1.29, 1.82) is 0 Å². The number of sulfone groups is 1. The van der Waals surface area contributed by atoms with E-state index in [4.69, 9.17) is 14.5 Å². The first-order valence-electron chi connectivity index (χ1n) is 13.1. The van der Waals surface area contributed by atoms with Crippen molar-refractivity contribution in [2.75, 3.05) is 25.2 Å². The van der Waals surface area contributed by atoms with E-state index in [0.717, 1.165) is 47.5 Å². The highest BCUT2D eigenvalue weighted by Gasteiger charge is 2.31. The molecule has 0 aliphatic carbocycles. The summed E-state index contributed by atoms with van der Waals surface area (Å²) in [4.78, 5) is 28.8. The van der Waals surface area contributed by atoms with Crippen LogP contribution < -0.4 is 15.0 Å². The van der Waals surface area contributed by atoms with Gasteiger partial charge in [0.05, 0.1) is 59.5 Å². The zero-order chi connectivity index (χ0) is 27.9. The molecule has 1 atom stereocenters. The molecule has 0 unspecified atom stereocenters. The molecular formula is C29H29N5O5S. The number of aromatic nitrogens is 3. The fourth-order valence-corrected chi connectivity index (χ4v) is 6.61. The molecule has 3 aromatic heterocycles. The topological polar surface area (TPSA) is 124 Å². The van der Waals surface area contributed by atoms with Crippen LogP contribution in [0.2, 0.25) is 0 Å². The number of rotatable bonds is 5. The highest BCUT2D eigenvalue weighted by atomic mass is 32.2. The van der Waals surface area contributed by atoms with Crippen LogP contribution in [-0.4, -0.2) is 54.8 Å². The number of anilines is 2. The minimum absolute atomic E-state index is 0.0441. The monoisotopic (exact) mass is 559 g/mol. The molecule has 40 heavy (non-hydrogen) atoms. The van der Waals surface area contributed by atoms with Crippen molar-refractivity contribution in [1.82, 2.24) is 20.3 Å². The van der Waals surface area contributed by atoms with Crippen LogP contribution in [0.1, 0.15) is 40.7 Å². The normalized spacial score (nSPS) is 17.9. The molecule has 1 N–H and O–H groups in total. The lowest BCUT2D eigenvalue weighted by molar-refractivity contribution is 0.0949. The number of ether oxygens (including phenoxy) is 2. The maximum absolute atomic E-state index is 12.9. The van der Waals surface area contributed by atoms with Crippen LogP contribution in [0.15, 0.2) is 59.8 Å². The number of nitrogens with one attached hydrogen (secondary N) is 1. The summed E-state index contributed by atoms with van der Waals surface area (Å²) in [6, 6.07) is 13.3. The molecule has 0 bridgehead atoms. The summed E-state index contributed by atoms with van der Waals surface area (Å²) in [5.74, 6) is 1.28. The number of pyridine rings is 3. The van der Waals surface area contributed by atoms with E-state index in [1.54, 1.807) is 20.2 Å². The summed E-state index contributed by atoms with van der Waals surface area (Å²) >= 11 is 0. The number of hydrogen-bond acceptors (Lipinski definition) is 9. The van der Waals surface area contributed by atoms with Gasteiger partial charge in [-0.3, -0.25) is 14.8 Å². The van der Waals surface area contributed by atoms with Crippen LogP contribution in [0.5, 0.6) is 5.75 Å². The lowest BCUT2D eigenvalue weighted by Gasteiger charge is -2.31. The largest absolute Gasteiger partial charge is 0.496 e. The van der Waals surface area contributed by atoms with E-state index in [-0.39, 0.29) is 30.2 Å². The van der Waals surface area contributed by atoms with Gasteiger partial charge in [-0.25, -0.2) is 13.4 Å². The molecule has 1 amide bonds. The molecule has 0 saturated heterocycles. The van der Waals surface area contributed by atoms with E-state index >= 15 is 0 Å². The van der Waals surface area contributed by atoms with Crippen molar-refractivity contribution >= 4 is 38.2 Å². The number of benzene rings is 1. The van der Waals surface area contributed by atoms with Crippen molar-refractivity contribution in [2.45, 2.75) is 43.1 Å². The van der Waals surface area contributed by atoms with Crippen LogP contribution in [0, 0.1) is 0 Å². The average molecular weight is 560 g/mol. The van der Waals surface area contributed by atoms with Crippen molar-refractivity contribution < 1.29 is 22.7 Å². The Morgan fingerprint density at radius 2 is 2.05 bits per heavy atom. The smallest absolute Gasteiger partial charge is 0.253 e. The fourth-order valence-electron chi connectivity index (χ4n) is 5.17. The van der Waals surface area contributed by atoms with Gasteiger partial charge in [0.15, 0.2) is 9.84 Å². The van der Waals surface area contributed by atoms with Gasteiger partial charge in [0.1, 0.15) is 11.6 Å². The number of fused-ring (bicyclic) bond motifs is 3. The van der Waals surface area contributed by atoms with E-state index < -0.39 is 21.0 Å².